The Morgan fingerprint density at radius 2 is 0.800 bits per heavy atom. The summed E-state index contributed by atoms with van der Waals surface area (Å²) in [5.41, 5.74) is 7.23. The van der Waals surface area contributed by atoms with Crippen molar-refractivity contribution in [3.8, 4) is 22.3 Å². The first-order valence-electron chi connectivity index (χ1n) is 10.1. The van der Waals surface area contributed by atoms with Crippen LogP contribution in [0.5, 0.6) is 0 Å². The minimum atomic E-state index is -0.0718. The van der Waals surface area contributed by atoms with Crippen LogP contribution in [0.2, 0.25) is 0 Å². The van der Waals surface area contributed by atoms with Crippen LogP contribution in [0.25, 0.3) is 22.3 Å². The summed E-state index contributed by atoms with van der Waals surface area (Å²) >= 11 is 0. The molecule has 0 atom stereocenters. The van der Waals surface area contributed by atoms with Crippen LogP contribution in [0, 0.1) is 13.8 Å². The largest absolute Gasteiger partial charge is 0.289 e. The third-order valence-electron chi connectivity index (χ3n) is 5.91. The van der Waals surface area contributed by atoms with Crippen LogP contribution >= 0.6 is 0 Å². The van der Waals surface area contributed by atoms with E-state index in [0.29, 0.717) is 22.3 Å². The Morgan fingerprint density at radius 3 is 1.17 bits per heavy atom. The number of ketones is 2. The van der Waals surface area contributed by atoms with Crippen LogP contribution in [-0.4, -0.2) is 11.6 Å². The summed E-state index contributed by atoms with van der Waals surface area (Å²) < 4.78 is 0. The van der Waals surface area contributed by atoms with E-state index in [1.54, 1.807) is 0 Å². The normalized spacial score (nSPS) is 12.5. The maximum atomic E-state index is 13.9. The smallest absolute Gasteiger partial charge is 0.195 e. The van der Waals surface area contributed by atoms with Crippen LogP contribution in [0.1, 0.15) is 43.0 Å². The van der Waals surface area contributed by atoms with Gasteiger partial charge in [0.05, 0.1) is 0 Å². The van der Waals surface area contributed by atoms with E-state index < -0.39 is 0 Å². The fourth-order valence-corrected chi connectivity index (χ4v) is 4.44. The molecule has 4 aromatic rings. The van der Waals surface area contributed by atoms with E-state index in [1.807, 2.05) is 98.8 Å². The third kappa shape index (κ3) is 2.65. The molecule has 0 fully saturated rings. The van der Waals surface area contributed by atoms with Gasteiger partial charge in [-0.1, -0.05) is 84.9 Å². The van der Waals surface area contributed by atoms with Crippen molar-refractivity contribution in [1.29, 1.82) is 0 Å². The van der Waals surface area contributed by atoms with E-state index in [2.05, 4.69) is 0 Å². The third-order valence-corrected chi connectivity index (χ3v) is 5.91. The Labute approximate surface area is 175 Å². The highest BCUT2D eigenvalue weighted by Crippen LogP contribution is 2.41. The maximum Gasteiger partial charge on any atom is 0.195 e. The number of benzene rings is 4. The van der Waals surface area contributed by atoms with Crippen LogP contribution in [-0.2, 0) is 0 Å². The second kappa shape index (κ2) is 6.93. The number of aryl methyl sites for hydroxylation is 2. The molecule has 4 aromatic carbocycles. The highest BCUT2D eigenvalue weighted by atomic mass is 16.1. The molecule has 0 unspecified atom stereocenters. The van der Waals surface area contributed by atoms with Crippen LogP contribution in [0.4, 0.5) is 0 Å². The number of fused-ring (bicyclic) bond motifs is 2. The Hall–Kier alpha value is -3.78. The molecule has 1 aliphatic rings. The molecule has 2 heteroatoms. The topological polar surface area (TPSA) is 34.1 Å². The SMILES string of the molecule is Cc1ccc(C)c2c1C(=O)c1c(-c3ccccc3)ccc(-c3ccccc3)c1C2=O. The van der Waals surface area contributed by atoms with Gasteiger partial charge in [0, 0.05) is 22.3 Å². The first-order chi connectivity index (χ1) is 14.6. The lowest BCUT2D eigenvalue weighted by Crippen LogP contribution is -2.25. The molecule has 2 nitrogen and oxygen atoms in total. The molecular weight excluding hydrogens is 368 g/mol. The summed E-state index contributed by atoms with van der Waals surface area (Å²) in [7, 11) is 0. The van der Waals surface area contributed by atoms with Gasteiger partial charge in [-0.3, -0.25) is 9.59 Å². The van der Waals surface area contributed by atoms with Gasteiger partial charge in [0.1, 0.15) is 0 Å². The van der Waals surface area contributed by atoms with Gasteiger partial charge in [0.15, 0.2) is 11.6 Å². The summed E-state index contributed by atoms with van der Waals surface area (Å²) in [6.07, 6.45) is 0. The molecule has 0 bridgehead atoms. The summed E-state index contributed by atoms with van der Waals surface area (Å²) in [5, 5.41) is 0. The van der Waals surface area contributed by atoms with Crippen molar-refractivity contribution in [2.45, 2.75) is 13.8 Å². The molecular formula is C28H20O2. The van der Waals surface area contributed by atoms with Crippen molar-refractivity contribution in [3.63, 3.8) is 0 Å². The highest BCUT2D eigenvalue weighted by molar-refractivity contribution is 6.33. The molecule has 5 rings (SSSR count). The highest BCUT2D eigenvalue weighted by Gasteiger charge is 2.36. The Bertz CT molecular complexity index is 1210. The summed E-state index contributed by atoms with van der Waals surface area (Å²) in [5.74, 6) is -0.144. The van der Waals surface area contributed by atoms with E-state index >= 15 is 0 Å². The van der Waals surface area contributed by atoms with Crippen LogP contribution < -0.4 is 0 Å². The van der Waals surface area contributed by atoms with Crippen LogP contribution in [0.3, 0.4) is 0 Å². The molecule has 0 radical (unpaired) electrons. The first kappa shape index (κ1) is 18.3. The minimum Gasteiger partial charge on any atom is -0.289 e. The van der Waals surface area contributed by atoms with E-state index in [0.717, 1.165) is 33.4 Å². The van der Waals surface area contributed by atoms with E-state index in [9.17, 15) is 9.59 Å². The van der Waals surface area contributed by atoms with Crippen molar-refractivity contribution in [3.05, 3.63) is 118 Å². The molecule has 0 saturated carbocycles. The predicted octanol–water partition coefficient (Wildman–Crippen LogP) is 6.41. The Kier molecular flexibility index (Phi) is 4.22. The summed E-state index contributed by atoms with van der Waals surface area (Å²) in [4.78, 5) is 27.7. The van der Waals surface area contributed by atoms with Crippen molar-refractivity contribution >= 4 is 11.6 Å². The lowest BCUT2D eigenvalue weighted by molar-refractivity contribution is 0.0979. The second-order valence-corrected chi connectivity index (χ2v) is 7.75. The van der Waals surface area contributed by atoms with Crippen molar-refractivity contribution in [2.75, 3.05) is 0 Å². The monoisotopic (exact) mass is 388 g/mol. The molecule has 0 aromatic heterocycles. The molecule has 1 aliphatic carbocycles. The molecule has 0 saturated heterocycles. The van der Waals surface area contributed by atoms with Gasteiger partial charge in [-0.15, -0.1) is 0 Å². The zero-order valence-electron chi connectivity index (χ0n) is 16.9. The lowest BCUT2D eigenvalue weighted by atomic mass is 9.75. The minimum absolute atomic E-state index is 0.0718. The predicted molar refractivity (Wildman–Crippen MR) is 120 cm³/mol. The van der Waals surface area contributed by atoms with Gasteiger partial charge < -0.3 is 0 Å². The average Bonchev–Trinajstić information content (AvgIpc) is 2.79. The first-order valence-corrected chi connectivity index (χ1v) is 10.1. The standard InChI is InChI=1S/C28H20O2/c1-17-13-14-18(2)24-23(17)27(29)25-21(19-9-5-3-6-10-19)15-16-22(26(25)28(24)30)20-11-7-4-8-12-20/h3-16H,1-2H3. The van der Waals surface area contributed by atoms with Crippen molar-refractivity contribution in [1.82, 2.24) is 0 Å². The fourth-order valence-electron chi connectivity index (χ4n) is 4.44. The van der Waals surface area contributed by atoms with Gasteiger partial charge in [-0.2, -0.15) is 0 Å². The van der Waals surface area contributed by atoms with Gasteiger partial charge >= 0.3 is 0 Å². The molecule has 0 spiro atoms. The zero-order valence-corrected chi connectivity index (χ0v) is 16.9. The van der Waals surface area contributed by atoms with Gasteiger partial charge in [-0.05, 0) is 47.2 Å². The van der Waals surface area contributed by atoms with Gasteiger partial charge in [-0.25, -0.2) is 0 Å². The molecule has 0 aliphatic heterocycles. The fraction of sp³-hybridized carbons (Fsp3) is 0.0714. The number of hydrogen-bond donors (Lipinski definition) is 0. The average molecular weight is 388 g/mol. The Morgan fingerprint density at radius 1 is 0.433 bits per heavy atom. The maximum absolute atomic E-state index is 13.9. The Balaban J connectivity index is 1.90. The summed E-state index contributed by atoms with van der Waals surface area (Å²) in [6.45, 7) is 3.80. The number of rotatable bonds is 2. The van der Waals surface area contributed by atoms with Gasteiger partial charge in [0.2, 0.25) is 0 Å². The quantitative estimate of drug-likeness (QED) is 0.350. The van der Waals surface area contributed by atoms with Gasteiger partial charge in [0.25, 0.3) is 0 Å². The number of carbonyl (C=O) groups is 2. The summed E-state index contributed by atoms with van der Waals surface area (Å²) in [6, 6.07) is 27.4. The van der Waals surface area contributed by atoms with E-state index in [4.69, 9.17) is 0 Å². The molecule has 0 heterocycles. The molecule has 30 heavy (non-hydrogen) atoms. The molecule has 0 amide bonds. The zero-order chi connectivity index (χ0) is 20.8. The van der Waals surface area contributed by atoms with Crippen molar-refractivity contribution in [2.24, 2.45) is 0 Å². The van der Waals surface area contributed by atoms with Crippen molar-refractivity contribution < 1.29 is 9.59 Å². The molecule has 144 valence electrons. The van der Waals surface area contributed by atoms with E-state index in [-0.39, 0.29) is 11.6 Å². The number of carbonyl (C=O) groups excluding carboxylic acids is 2. The second-order valence-electron chi connectivity index (χ2n) is 7.75. The van der Waals surface area contributed by atoms with Crippen LogP contribution in [0.15, 0.2) is 84.9 Å². The van der Waals surface area contributed by atoms with E-state index in [1.165, 1.54) is 0 Å². The lowest BCUT2D eigenvalue weighted by Gasteiger charge is -2.25. The molecule has 0 N–H and O–H groups in total. The number of hydrogen-bond acceptors (Lipinski definition) is 2.